The van der Waals surface area contributed by atoms with Crippen molar-refractivity contribution in [1.82, 2.24) is 5.32 Å². The van der Waals surface area contributed by atoms with Crippen molar-refractivity contribution in [1.29, 1.82) is 0 Å². The summed E-state index contributed by atoms with van der Waals surface area (Å²) in [6, 6.07) is 12.7. The minimum atomic E-state index is -0.409. The summed E-state index contributed by atoms with van der Waals surface area (Å²) in [4.78, 5) is 39.4. The van der Waals surface area contributed by atoms with E-state index in [1.54, 1.807) is 24.3 Å². The van der Waals surface area contributed by atoms with Crippen molar-refractivity contribution in [3.8, 4) is 5.75 Å². The van der Waals surface area contributed by atoms with Crippen LogP contribution in [-0.4, -0.2) is 29.5 Å². The van der Waals surface area contributed by atoms with Gasteiger partial charge in [-0.1, -0.05) is 18.2 Å². The highest BCUT2D eigenvalue weighted by Crippen LogP contribution is 2.31. The van der Waals surface area contributed by atoms with Gasteiger partial charge in [-0.25, -0.2) is 0 Å². The number of halogens is 1. The number of amides is 3. The lowest BCUT2D eigenvalue weighted by molar-refractivity contribution is -0.118. The fraction of sp³-hybridized carbons (Fsp3) is 0.143. The van der Waals surface area contributed by atoms with Crippen LogP contribution >= 0.6 is 27.7 Å². The lowest BCUT2D eigenvalue weighted by Gasteiger charge is -2.10. The van der Waals surface area contributed by atoms with Crippen molar-refractivity contribution in [2.24, 2.45) is 4.99 Å². The van der Waals surface area contributed by atoms with Crippen molar-refractivity contribution in [2.75, 3.05) is 11.9 Å². The van der Waals surface area contributed by atoms with Gasteiger partial charge in [-0.15, -0.1) is 0 Å². The highest BCUT2D eigenvalue weighted by molar-refractivity contribution is 9.10. The van der Waals surface area contributed by atoms with E-state index in [0.717, 1.165) is 22.9 Å². The Morgan fingerprint density at radius 2 is 2.00 bits per heavy atom. The molecule has 1 aliphatic rings. The molecule has 0 aromatic heterocycles. The number of thioether (sulfide) groups is 1. The molecule has 0 saturated heterocycles. The van der Waals surface area contributed by atoms with Crippen molar-refractivity contribution >= 4 is 62.3 Å². The first-order chi connectivity index (χ1) is 14.3. The standard InChI is InChI=1S/C21H18BrN3O4S/c1-12-4-3-5-15(8-12)24-19(27)11-29-17-7-6-14(9-16(17)22)10-18-20(28)25-21(30-18)23-13(2)26/h3-10H,11H2,1-2H3,(H,24,27)(H,23,25,26,28)/b18-10-. The molecule has 3 amide bonds. The number of carbonyl (C=O) groups excluding carboxylic acids is 3. The van der Waals surface area contributed by atoms with E-state index in [2.05, 4.69) is 31.6 Å². The van der Waals surface area contributed by atoms with Crippen LogP contribution in [0.4, 0.5) is 5.69 Å². The molecule has 0 spiro atoms. The van der Waals surface area contributed by atoms with E-state index in [1.165, 1.54) is 6.92 Å². The molecule has 2 N–H and O–H groups in total. The maximum absolute atomic E-state index is 12.1. The van der Waals surface area contributed by atoms with Gasteiger partial charge in [0.05, 0.1) is 9.38 Å². The molecule has 9 heteroatoms. The number of rotatable bonds is 5. The summed E-state index contributed by atoms with van der Waals surface area (Å²) < 4.78 is 6.22. The van der Waals surface area contributed by atoms with Gasteiger partial charge < -0.3 is 15.4 Å². The number of amidine groups is 1. The second-order valence-electron chi connectivity index (χ2n) is 6.41. The number of benzene rings is 2. The van der Waals surface area contributed by atoms with Crippen molar-refractivity contribution in [2.45, 2.75) is 13.8 Å². The lowest BCUT2D eigenvalue weighted by atomic mass is 10.2. The molecule has 30 heavy (non-hydrogen) atoms. The molecule has 2 aromatic rings. The summed E-state index contributed by atoms with van der Waals surface area (Å²) in [7, 11) is 0. The van der Waals surface area contributed by atoms with Gasteiger partial charge in [-0.3, -0.25) is 14.4 Å². The van der Waals surface area contributed by atoms with Gasteiger partial charge in [0.2, 0.25) is 5.91 Å². The van der Waals surface area contributed by atoms with Gasteiger partial charge in [-0.05, 0) is 76.1 Å². The molecule has 1 aliphatic heterocycles. The molecule has 3 rings (SSSR count). The van der Waals surface area contributed by atoms with E-state index in [-0.39, 0.29) is 23.6 Å². The van der Waals surface area contributed by atoms with E-state index in [4.69, 9.17) is 4.74 Å². The fourth-order valence-corrected chi connectivity index (χ4v) is 3.92. The minimum Gasteiger partial charge on any atom is -0.483 e. The molecule has 2 aromatic carbocycles. The van der Waals surface area contributed by atoms with Crippen molar-refractivity contribution in [3.05, 3.63) is 63.0 Å². The van der Waals surface area contributed by atoms with Gasteiger partial charge in [-0.2, -0.15) is 4.99 Å². The van der Waals surface area contributed by atoms with Gasteiger partial charge in [0.15, 0.2) is 11.8 Å². The number of nitrogens with zero attached hydrogens (tertiary/aromatic N) is 1. The zero-order valence-corrected chi connectivity index (χ0v) is 18.6. The summed E-state index contributed by atoms with van der Waals surface area (Å²) in [5.41, 5.74) is 2.51. The maximum atomic E-state index is 12.1. The van der Waals surface area contributed by atoms with E-state index in [9.17, 15) is 14.4 Å². The predicted molar refractivity (Wildman–Crippen MR) is 121 cm³/mol. The molecular weight excluding hydrogens is 470 g/mol. The van der Waals surface area contributed by atoms with E-state index in [1.807, 2.05) is 31.2 Å². The number of carbonyl (C=O) groups is 3. The zero-order chi connectivity index (χ0) is 21.7. The number of nitrogens with one attached hydrogen (secondary N) is 2. The predicted octanol–water partition coefficient (Wildman–Crippen LogP) is 3.88. The topological polar surface area (TPSA) is 96.9 Å². The number of anilines is 1. The third-order valence-corrected chi connectivity index (χ3v) is 5.34. The first-order valence-corrected chi connectivity index (χ1v) is 10.5. The van der Waals surface area contributed by atoms with Crippen molar-refractivity contribution in [3.63, 3.8) is 0 Å². The Labute approximate surface area is 186 Å². The molecule has 0 fully saturated rings. The van der Waals surface area contributed by atoms with Gasteiger partial charge in [0.25, 0.3) is 11.8 Å². The van der Waals surface area contributed by atoms with E-state index >= 15 is 0 Å². The number of ether oxygens (including phenoxy) is 1. The third kappa shape index (κ3) is 6.04. The lowest BCUT2D eigenvalue weighted by Crippen LogP contribution is -2.23. The van der Waals surface area contributed by atoms with Gasteiger partial charge in [0, 0.05) is 12.6 Å². The SMILES string of the molecule is CC(=O)NC1=NC(=O)/C(=C/c2ccc(OCC(=O)Nc3cccc(C)c3)c(Br)c2)S1. The monoisotopic (exact) mass is 487 g/mol. The fourth-order valence-electron chi connectivity index (χ4n) is 2.55. The zero-order valence-electron chi connectivity index (χ0n) is 16.2. The Morgan fingerprint density at radius 3 is 2.70 bits per heavy atom. The van der Waals surface area contributed by atoms with Crippen LogP contribution < -0.4 is 15.4 Å². The Balaban J connectivity index is 1.60. The number of hydrogen-bond acceptors (Lipinski definition) is 5. The molecule has 0 radical (unpaired) electrons. The molecular formula is C21H18BrN3O4S. The largest absolute Gasteiger partial charge is 0.483 e. The molecule has 0 aliphatic carbocycles. The van der Waals surface area contributed by atoms with E-state index < -0.39 is 5.91 Å². The Kier molecular flexibility index (Phi) is 7.07. The maximum Gasteiger partial charge on any atom is 0.286 e. The Morgan fingerprint density at radius 1 is 1.20 bits per heavy atom. The smallest absolute Gasteiger partial charge is 0.286 e. The van der Waals surface area contributed by atoms with Crippen LogP contribution in [0, 0.1) is 6.92 Å². The van der Waals surface area contributed by atoms with Crippen LogP contribution in [-0.2, 0) is 14.4 Å². The average molecular weight is 488 g/mol. The first kappa shape index (κ1) is 21.8. The molecule has 154 valence electrons. The first-order valence-electron chi connectivity index (χ1n) is 8.89. The van der Waals surface area contributed by atoms with Crippen LogP contribution in [0.25, 0.3) is 6.08 Å². The molecule has 7 nitrogen and oxygen atoms in total. The number of aliphatic imine (C=N–C) groups is 1. The summed E-state index contributed by atoms with van der Waals surface area (Å²) in [6.45, 7) is 3.16. The summed E-state index contributed by atoms with van der Waals surface area (Å²) in [6.07, 6.45) is 1.67. The van der Waals surface area contributed by atoms with Crippen LogP contribution in [0.3, 0.4) is 0 Å². The average Bonchev–Trinajstić information content (AvgIpc) is 2.99. The highest BCUT2D eigenvalue weighted by Gasteiger charge is 2.22. The van der Waals surface area contributed by atoms with Crippen LogP contribution in [0.1, 0.15) is 18.1 Å². The third-order valence-electron chi connectivity index (χ3n) is 3.82. The quantitative estimate of drug-likeness (QED) is 0.623. The van der Waals surface area contributed by atoms with Crippen LogP contribution in [0.15, 0.2) is 56.8 Å². The second-order valence-corrected chi connectivity index (χ2v) is 8.30. The molecule has 0 unspecified atom stereocenters. The number of hydrogen-bond donors (Lipinski definition) is 2. The number of aryl methyl sites for hydroxylation is 1. The molecule has 0 saturated carbocycles. The summed E-state index contributed by atoms with van der Waals surface area (Å²) in [5, 5.41) is 5.55. The molecule has 0 bridgehead atoms. The van der Waals surface area contributed by atoms with Crippen LogP contribution in [0.5, 0.6) is 5.75 Å². The second kappa shape index (κ2) is 9.73. The van der Waals surface area contributed by atoms with Gasteiger partial charge >= 0.3 is 0 Å². The minimum absolute atomic E-state index is 0.144. The van der Waals surface area contributed by atoms with Gasteiger partial charge in [0.1, 0.15) is 5.75 Å². The highest BCUT2D eigenvalue weighted by atomic mass is 79.9. The summed E-state index contributed by atoms with van der Waals surface area (Å²) >= 11 is 4.52. The normalized spacial score (nSPS) is 14.4. The Hall–Kier alpha value is -2.91. The molecule has 1 heterocycles. The van der Waals surface area contributed by atoms with Crippen LogP contribution in [0.2, 0.25) is 0 Å². The van der Waals surface area contributed by atoms with E-state index in [0.29, 0.717) is 20.8 Å². The summed E-state index contributed by atoms with van der Waals surface area (Å²) in [5.74, 6) is -0.467. The van der Waals surface area contributed by atoms with Crippen molar-refractivity contribution < 1.29 is 19.1 Å². The molecule has 0 atom stereocenters. The Bertz CT molecular complexity index is 1080.